The van der Waals surface area contributed by atoms with Gasteiger partial charge in [-0.2, -0.15) is 0 Å². The molecule has 2 aromatic rings. The van der Waals surface area contributed by atoms with Gasteiger partial charge < -0.3 is 14.9 Å². The minimum atomic E-state index is -3.26. The average Bonchev–Trinajstić information content (AvgIpc) is 2.64. The highest BCUT2D eigenvalue weighted by Gasteiger charge is 2.50. The second-order valence-corrected chi connectivity index (χ2v) is 7.37. The van der Waals surface area contributed by atoms with Crippen molar-refractivity contribution in [3.63, 3.8) is 0 Å². The predicted octanol–water partition coefficient (Wildman–Crippen LogP) is 4.31. The summed E-state index contributed by atoms with van der Waals surface area (Å²) < 4.78 is 33.0. The Balaban J connectivity index is 1.84. The first-order valence-corrected chi connectivity index (χ1v) is 9.40. The van der Waals surface area contributed by atoms with Crippen LogP contribution in [0.2, 0.25) is 5.02 Å². The molecule has 1 aliphatic rings. The van der Waals surface area contributed by atoms with Gasteiger partial charge in [-0.25, -0.2) is 8.78 Å². The quantitative estimate of drug-likeness (QED) is 0.791. The number of halogens is 3. The van der Waals surface area contributed by atoms with E-state index in [9.17, 15) is 19.0 Å². The first-order valence-electron chi connectivity index (χ1n) is 9.02. The minimum Gasteiger partial charge on any atom is -0.393 e. The molecule has 0 bridgehead atoms. The number of hydrogen-bond donors (Lipinski definition) is 2. The maximum absolute atomic E-state index is 13.8. The number of ether oxygens (including phenoxy) is 1. The first-order chi connectivity index (χ1) is 12.8. The zero-order valence-corrected chi connectivity index (χ0v) is 15.8. The van der Waals surface area contributed by atoms with Crippen LogP contribution < -0.4 is 0 Å². The Hall–Kier alpha value is -1.53. The molecular formula is C21H23ClF2O3. The molecule has 3 rings (SSSR count). The maximum atomic E-state index is 13.8. The van der Waals surface area contributed by atoms with E-state index in [1.165, 1.54) is 5.56 Å². The molecule has 1 aliphatic heterocycles. The van der Waals surface area contributed by atoms with Crippen molar-refractivity contribution in [3.05, 3.63) is 69.7 Å². The van der Waals surface area contributed by atoms with Gasteiger partial charge in [0, 0.05) is 11.4 Å². The summed E-state index contributed by atoms with van der Waals surface area (Å²) in [5.74, 6) is -3.26. The van der Waals surface area contributed by atoms with Crippen LogP contribution in [0.1, 0.15) is 41.7 Å². The van der Waals surface area contributed by atoms with Gasteiger partial charge in [-0.1, -0.05) is 54.9 Å². The summed E-state index contributed by atoms with van der Waals surface area (Å²) >= 11 is 6.32. The van der Waals surface area contributed by atoms with Gasteiger partial charge in [-0.15, -0.1) is 0 Å². The molecular weight excluding hydrogens is 374 g/mol. The van der Waals surface area contributed by atoms with Gasteiger partial charge in [0.05, 0.1) is 12.7 Å². The summed E-state index contributed by atoms with van der Waals surface area (Å²) in [6.07, 6.45) is -3.13. The highest BCUT2D eigenvalue weighted by Crippen LogP contribution is 2.41. The zero-order chi connectivity index (χ0) is 19.6. The van der Waals surface area contributed by atoms with Crippen LogP contribution in [0.15, 0.2) is 42.5 Å². The minimum absolute atomic E-state index is 0.563. The molecule has 3 atom stereocenters. The predicted molar refractivity (Wildman–Crippen MR) is 100 cm³/mol. The van der Waals surface area contributed by atoms with E-state index >= 15 is 0 Å². The molecule has 1 saturated heterocycles. The van der Waals surface area contributed by atoms with Crippen LogP contribution in [0.4, 0.5) is 8.78 Å². The Morgan fingerprint density at radius 3 is 2.44 bits per heavy atom. The molecule has 0 aromatic heterocycles. The van der Waals surface area contributed by atoms with E-state index in [0.717, 1.165) is 17.5 Å². The second-order valence-electron chi connectivity index (χ2n) is 6.96. The molecule has 0 aliphatic carbocycles. The fourth-order valence-corrected chi connectivity index (χ4v) is 3.57. The van der Waals surface area contributed by atoms with Gasteiger partial charge in [0.1, 0.15) is 12.2 Å². The van der Waals surface area contributed by atoms with E-state index in [1.54, 1.807) is 18.2 Å². The highest BCUT2D eigenvalue weighted by atomic mass is 35.5. The average molecular weight is 397 g/mol. The third kappa shape index (κ3) is 4.49. The number of hydrogen-bond acceptors (Lipinski definition) is 3. The molecule has 3 nitrogen and oxygen atoms in total. The van der Waals surface area contributed by atoms with E-state index < -0.39 is 37.3 Å². The summed E-state index contributed by atoms with van der Waals surface area (Å²) in [4.78, 5) is 0. The molecule has 0 radical (unpaired) electrons. The van der Waals surface area contributed by atoms with E-state index in [0.29, 0.717) is 17.0 Å². The fraction of sp³-hybridized carbons (Fsp3) is 0.429. The number of aliphatic hydroxyl groups excluding tert-OH is 2. The third-order valence-corrected chi connectivity index (χ3v) is 5.37. The molecule has 0 spiro atoms. The van der Waals surface area contributed by atoms with Gasteiger partial charge in [0.2, 0.25) is 0 Å². The van der Waals surface area contributed by atoms with Gasteiger partial charge in [0.15, 0.2) is 0 Å². The normalized spacial score (nSPS) is 24.7. The van der Waals surface area contributed by atoms with Crippen molar-refractivity contribution in [1.29, 1.82) is 0 Å². The molecule has 27 heavy (non-hydrogen) atoms. The summed E-state index contributed by atoms with van der Waals surface area (Å²) in [6.45, 7) is 1.29. The van der Waals surface area contributed by atoms with Crippen LogP contribution in [-0.2, 0) is 17.6 Å². The smallest absolute Gasteiger partial charge is 0.278 e. The summed E-state index contributed by atoms with van der Waals surface area (Å²) in [7, 11) is 0. The number of alkyl halides is 2. The van der Waals surface area contributed by atoms with Crippen LogP contribution in [0.5, 0.6) is 0 Å². The Morgan fingerprint density at radius 2 is 1.81 bits per heavy atom. The Labute approximate surface area is 162 Å². The number of rotatable bonds is 5. The summed E-state index contributed by atoms with van der Waals surface area (Å²) in [5.41, 5.74) is 3.72. The number of benzene rings is 2. The largest absolute Gasteiger partial charge is 0.393 e. The molecule has 1 fully saturated rings. The maximum Gasteiger partial charge on any atom is 0.278 e. The van der Waals surface area contributed by atoms with Crippen LogP contribution in [0, 0.1) is 0 Å². The molecule has 1 heterocycles. The second kappa shape index (κ2) is 8.23. The molecule has 146 valence electrons. The zero-order valence-electron chi connectivity index (χ0n) is 15.0. The third-order valence-electron chi connectivity index (χ3n) is 5.00. The summed E-state index contributed by atoms with van der Waals surface area (Å²) in [5, 5.41) is 19.9. The molecule has 0 amide bonds. The summed E-state index contributed by atoms with van der Waals surface area (Å²) in [6, 6.07) is 13.3. The molecule has 2 N–H and O–H groups in total. The van der Waals surface area contributed by atoms with Crippen molar-refractivity contribution in [3.8, 4) is 0 Å². The van der Waals surface area contributed by atoms with Crippen molar-refractivity contribution in [2.75, 3.05) is 6.61 Å². The van der Waals surface area contributed by atoms with E-state index in [1.807, 2.05) is 12.1 Å². The monoisotopic (exact) mass is 396 g/mol. The lowest BCUT2D eigenvalue weighted by molar-refractivity contribution is -0.246. The van der Waals surface area contributed by atoms with Gasteiger partial charge in [-0.3, -0.25) is 0 Å². The lowest BCUT2D eigenvalue weighted by atomic mass is 9.91. The fourth-order valence-electron chi connectivity index (χ4n) is 3.38. The first kappa shape index (κ1) is 20.2. The van der Waals surface area contributed by atoms with Crippen LogP contribution in [0.25, 0.3) is 0 Å². The Morgan fingerprint density at radius 1 is 1.15 bits per heavy atom. The standard InChI is InChI=1S/C21H23ClF2O3/c1-2-13-3-5-14(6-4-13)9-16-10-15(7-8-17(16)22)20-18(26)11-21(23,24)19(12-25)27-20/h3-8,10,18-20,25-26H,2,9,11-12H2,1H3. The lowest BCUT2D eigenvalue weighted by Gasteiger charge is -2.39. The molecule has 2 aromatic carbocycles. The van der Waals surface area contributed by atoms with E-state index in [2.05, 4.69) is 19.1 Å². The van der Waals surface area contributed by atoms with Gasteiger partial charge in [-0.05, 0) is 41.2 Å². The van der Waals surface area contributed by atoms with Crippen molar-refractivity contribution >= 4 is 11.6 Å². The van der Waals surface area contributed by atoms with E-state index in [4.69, 9.17) is 16.3 Å². The van der Waals surface area contributed by atoms with Crippen molar-refractivity contribution in [1.82, 2.24) is 0 Å². The van der Waals surface area contributed by atoms with Crippen molar-refractivity contribution in [2.24, 2.45) is 0 Å². The van der Waals surface area contributed by atoms with Crippen molar-refractivity contribution < 1.29 is 23.7 Å². The van der Waals surface area contributed by atoms with Gasteiger partial charge >= 0.3 is 0 Å². The van der Waals surface area contributed by atoms with Crippen LogP contribution in [-0.4, -0.2) is 35.0 Å². The Kier molecular flexibility index (Phi) is 6.16. The highest BCUT2D eigenvalue weighted by molar-refractivity contribution is 6.31. The topological polar surface area (TPSA) is 49.7 Å². The van der Waals surface area contributed by atoms with Crippen molar-refractivity contribution in [2.45, 2.75) is 50.4 Å². The number of aryl methyl sites for hydroxylation is 1. The lowest BCUT2D eigenvalue weighted by Crippen LogP contribution is -2.49. The van der Waals surface area contributed by atoms with Gasteiger partial charge in [0.25, 0.3) is 5.92 Å². The van der Waals surface area contributed by atoms with Crippen LogP contribution >= 0.6 is 11.6 Å². The number of aliphatic hydroxyl groups is 2. The Bertz CT molecular complexity index is 779. The SMILES string of the molecule is CCc1ccc(Cc2cc(C3OC(CO)C(F)(F)CC3O)ccc2Cl)cc1. The molecule has 6 heteroatoms. The molecule has 3 unspecified atom stereocenters. The van der Waals surface area contributed by atoms with E-state index in [-0.39, 0.29) is 0 Å². The van der Waals surface area contributed by atoms with Crippen LogP contribution in [0.3, 0.4) is 0 Å². The molecule has 0 saturated carbocycles.